The second-order valence-corrected chi connectivity index (χ2v) is 7.17. The van der Waals surface area contributed by atoms with Crippen molar-refractivity contribution in [3.8, 4) is 28.7 Å². The number of rotatable bonds is 6. The maximum absolute atomic E-state index is 12.7. The second-order valence-electron chi connectivity index (χ2n) is 7.17. The first kappa shape index (κ1) is 19.9. The lowest BCUT2D eigenvalue weighted by atomic mass is 9.98. The van der Waals surface area contributed by atoms with Gasteiger partial charge in [0.15, 0.2) is 23.0 Å². The van der Waals surface area contributed by atoms with Gasteiger partial charge in [-0.1, -0.05) is 6.07 Å². The van der Waals surface area contributed by atoms with Crippen molar-refractivity contribution < 1.29 is 28.5 Å². The van der Waals surface area contributed by atoms with E-state index >= 15 is 0 Å². The lowest BCUT2D eigenvalue weighted by Crippen LogP contribution is -2.26. The summed E-state index contributed by atoms with van der Waals surface area (Å²) >= 11 is 0. The molecule has 1 unspecified atom stereocenters. The van der Waals surface area contributed by atoms with E-state index in [9.17, 15) is 4.79 Å². The molecule has 2 aliphatic rings. The maximum atomic E-state index is 12.7. The molecule has 7 heteroatoms. The molecular weight excluding hydrogens is 386 g/mol. The average molecular weight is 411 g/mol. The number of amides is 1. The van der Waals surface area contributed by atoms with E-state index in [1.165, 1.54) is 5.56 Å². The third-order valence-corrected chi connectivity index (χ3v) is 5.47. The van der Waals surface area contributed by atoms with Crippen molar-refractivity contribution >= 4 is 12.0 Å². The molecule has 2 aromatic rings. The Morgan fingerprint density at radius 3 is 2.47 bits per heavy atom. The SMILES string of the molecule is COc1cc(/C=C/C(=O)N2CCC(c3ccc4c(c3)OCO4)C2)cc(OC)c1OC. The number of carbonyl (C=O) groups is 1. The van der Waals surface area contributed by atoms with Crippen molar-refractivity contribution in [3.63, 3.8) is 0 Å². The summed E-state index contributed by atoms with van der Waals surface area (Å²) in [6.45, 7) is 1.66. The molecule has 0 N–H and O–H groups in total. The molecule has 158 valence electrons. The van der Waals surface area contributed by atoms with Gasteiger partial charge < -0.3 is 28.6 Å². The number of nitrogens with zero attached hydrogens (tertiary/aromatic N) is 1. The molecule has 2 aromatic carbocycles. The van der Waals surface area contributed by atoms with Gasteiger partial charge in [0.25, 0.3) is 0 Å². The Morgan fingerprint density at radius 1 is 1.03 bits per heavy atom. The van der Waals surface area contributed by atoms with Crippen LogP contribution in [0.4, 0.5) is 0 Å². The first-order valence-corrected chi connectivity index (χ1v) is 9.79. The van der Waals surface area contributed by atoms with Crippen LogP contribution in [-0.4, -0.2) is 52.0 Å². The normalized spacial score (nSPS) is 17.4. The van der Waals surface area contributed by atoms with Gasteiger partial charge in [-0.3, -0.25) is 4.79 Å². The van der Waals surface area contributed by atoms with Crippen LogP contribution < -0.4 is 23.7 Å². The Kier molecular flexibility index (Phi) is 5.70. The van der Waals surface area contributed by atoms with Crippen LogP contribution in [0.25, 0.3) is 6.08 Å². The lowest BCUT2D eigenvalue weighted by molar-refractivity contribution is -0.124. The predicted octanol–water partition coefficient (Wildman–Crippen LogP) is 3.47. The van der Waals surface area contributed by atoms with E-state index in [4.69, 9.17) is 23.7 Å². The monoisotopic (exact) mass is 411 g/mol. The van der Waals surface area contributed by atoms with Crippen molar-refractivity contribution in [2.24, 2.45) is 0 Å². The van der Waals surface area contributed by atoms with Gasteiger partial charge in [0.2, 0.25) is 18.4 Å². The number of ether oxygens (including phenoxy) is 5. The van der Waals surface area contributed by atoms with Gasteiger partial charge in [0, 0.05) is 25.1 Å². The predicted molar refractivity (Wildman–Crippen MR) is 112 cm³/mol. The fraction of sp³-hybridized carbons (Fsp3) is 0.348. The first-order chi connectivity index (χ1) is 14.6. The van der Waals surface area contributed by atoms with Gasteiger partial charge in [-0.25, -0.2) is 0 Å². The van der Waals surface area contributed by atoms with Crippen LogP contribution in [-0.2, 0) is 4.79 Å². The molecule has 0 bridgehead atoms. The van der Waals surface area contributed by atoms with Crippen LogP contribution in [0.5, 0.6) is 28.7 Å². The summed E-state index contributed by atoms with van der Waals surface area (Å²) in [6.07, 6.45) is 4.27. The molecule has 0 radical (unpaired) electrons. The molecule has 30 heavy (non-hydrogen) atoms. The molecule has 1 amide bonds. The molecule has 1 atom stereocenters. The minimum Gasteiger partial charge on any atom is -0.493 e. The van der Waals surface area contributed by atoms with Crippen LogP contribution >= 0.6 is 0 Å². The molecule has 2 aliphatic heterocycles. The number of benzene rings is 2. The number of fused-ring (bicyclic) bond motifs is 1. The first-order valence-electron chi connectivity index (χ1n) is 9.79. The van der Waals surface area contributed by atoms with Crippen molar-refractivity contribution in [2.75, 3.05) is 41.2 Å². The Balaban J connectivity index is 1.44. The fourth-order valence-corrected chi connectivity index (χ4v) is 3.87. The number of likely N-dealkylation sites (tertiary alicyclic amines) is 1. The molecule has 4 rings (SSSR count). The summed E-state index contributed by atoms with van der Waals surface area (Å²) in [6, 6.07) is 9.63. The molecular formula is C23H25NO6. The minimum absolute atomic E-state index is 0.0213. The highest BCUT2D eigenvalue weighted by Gasteiger charge is 2.27. The van der Waals surface area contributed by atoms with Crippen LogP contribution in [0.2, 0.25) is 0 Å². The van der Waals surface area contributed by atoms with Crippen LogP contribution in [0, 0.1) is 0 Å². The average Bonchev–Trinajstić information content (AvgIpc) is 3.45. The fourth-order valence-electron chi connectivity index (χ4n) is 3.87. The Bertz CT molecular complexity index is 945. The van der Waals surface area contributed by atoms with Gasteiger partial charge in [-0.2, -0.15) is 0 Å². The summed E-state index contributed by atoms with van der Waals surface area (Å²) in [4.78, 5) is 14.6. The molecule has 0 saturated carbocycles. The maximum Gasteiger partial charge on any atom is 0.246 e. The third-order valence-electron chi connectivity index (χ3n) is 5.47. The summed E-state index contributed by atoms with van der Waals surface area (Å²) < 4.78 is 26.9. The van der Waals surface area contributed by atoms with E-state index in [1.54, 1.807) is 33.5 Å². The number of hydrogen-bond acceptors (Lipinski definition) is 6. The van der Waals surface area contributed by atoms with Crippen LogP contribution in [0.1, 0.15) is 23.5 Å². The van der Waals surface area contributed by atoms with Crippen molar-refractivity contribution in [3.05, 3.63) is 47.5 Å². The summed E-state index contributed by atoms with van der Waals surface area (Å²) in [5.41, 5.74) is 1.97. The zero-order valence-corrected chi connectivity index (χ0v) is 17.3. The van der Waals surface area contributed by atoms with E-state index in [1.807, 2.05) is 29.2 Å². The molecule has 1 fully saturated rings. The van der Waals surface area contributed by atoms with E-state index in [0.29, 0.717) is 23.8 Å². The minimum atomic E-state index is -0.0213. The zero-order valence-electron chi connectivity index (χ0n) is 17.3. The van der Waals surface area contributed by atoms with E-state index in [2.05, 4.69) is 6.07 Å². The summed E-state index contributed by atoms with van der Waals surface area (Å²) in [5, 5.41) is 0. The highest BCUT2D eigenvalue weighted by Crippen LogP contribution is 2.39. The molecule has 0 spiro atoms. The topological polar surface area (TPSA) is 66.5 Å². The van der Waals surface area contributed by atoms with Gasteiger partial charge in [-0.05, 0) is 47.9 Å². The quantitative estimate of drug-likeness (QED) is 0.678. The lowest BCUT2D eigenvalue weighted by Gasteiger charge is -2.15. The van der Waals surface area contributed by atoms with E-state index in [-0.39, 0.29) is 18.6 Å². The Hall–Kier alpha value is -3.35. The smallest absolute Gasteiger partial charge is 0.246 e. The van der Waals surface area contributed by atoms with Gasteiger partial charge in [0.05, 0.1) is 21.3 Å². The van der Waals surface area contributed by atoms with Gasteiger partial charge in [0.1, 0.15) is 0 Å². The third kappa shape index (κ3) is 3.87. The Labute approximate surface area is 175 Å². The van der Waals surface area contributed by atoms with Gasteiger partial charge in [-0.15, -0.1) is 0 Å². The molecule has 0 aromatic heterocycles. The molecule has 7 nitrogen and oxygen atoms in total. The van der Waals surface area contributed by atoms with Crippen molar-refractivity contribution in [1.29, 1.82) is 0 Å². The van der Waals surface area contributed by atoms with E-state index < -0.39 is 0 Å². The number of hydrogen-bond donors (Lipinski definition) is 0. The Morgan fingerprint density at radius 2 is 1.77 bits per heavy atom. The number of carbonyl (C=O) groups excluding carboxylic acids is 1. The molecule has 2 heterocycles. The standard InChI is InChI=1S/C23H25NO6/c1-26-20-10-15(11-21(27-2)23(20)28-3)4-7-22(25)24-9-8-17(13-24)16-5-6-18-19(12-16)30-14-29-18/h4-7,10-12,17H,8-9,13-14H2,1-3H3/b7-4+. The van der Waals surface area contributed by atoms with Crippen LogP contribution in [0.3, 0.4) is 0 Å². The summed E-state index contributed by atoms with van der Waals surface area (Å²) in [5.74, 6) is 3.44. The highest BCUT2D eigenvalue weighted by molar-refractivity contribution is 5.92. The van der Waals surface area contributed by atoms with Gasteiger partial charge >= 0.3 is 0 Å². The largest absolute Gasteiger partial charge is 0.493 e. The van der Waals surface area contributed by atoms with Crippen molar-refractivity contribution in [1.82, 2.24) is 4.90 Å². The molecule has 0 aliphatic carbocycles. The molecule has 1 saturated heterocycles. The number of methoxy groups -OCH3 is 3. The second kappa shape index (κ2) is 8.57. The van der Waals surface area contributed by atoms with E-state index in [0.717, 1.165) is 30.0 Å². The zero-order chi connectivity index (χ0) is 21.1. The van der Waals surface area contributed by atoms with Crippen molar-refractivity contribution in [2.45, 2.75) is 12.3 Å². The van der Waals surface area contributed by atoms with Crippen LogP contribution in [0.15, 0.2) is 36.4 Å². The summed E-state index contributed by atoms with van der Waals surface area (Å²) in [7, 11) is 4.69. The highest BCUT2D eigenvalue weighted by atomic mass is 16.7.